The molecule has 3 heterocycles. The predicted molar refractivity (Wildman–Crippen MR) is 265 cm³/mol. The monoisotopic (exact) mass is 1190 g/mol. The van der Waals surface area contributed by atoms with E-state index in [-0.39, 0.29) is 49.6 Å². The van der Waals surface area contributed by atoms with E-state index >= 15 is 8.78 Å². The number of aromatic nitrogens is 5. The van der Waals surface area contributed by atoms with E-state index in [0.29, 0.717) is 31.7 Å². The molecule has 6 rings (SSSR count). The van der Waals surface area contributed by atoms with E-state index in [0.717, 1.165) is 19.1 Å². The number of benzene rings is 2. The maximum absolute atomic E-state index is 15.4. The number of carbonyl (C=O) groups excluding carboxylic acids is 2. The van der Waals surface area contributed by atoms with Gasteiger partial charge in [0.1, 0.15) is 30.4 Å². The molecule has 1 aliphatic rings. The van der Waals surface area contributed by atoms with Crippen LogP contribution in [0.1, 0.15) is 74.6 Å². The first-order valence-corrected chi connectivity index (χ1v) is 27.8. The molecule has 6 N–H and O–H groups in total. The summed E-state index contributed by atoms with van der Waals surface area (Å²) in [6.45, 7) is 4.40. The van der Waals surface area contributed by atoms with Crippen molar-refractivity contribution in [1.82, 2.24) is 35.2 Å². The highest BCUT2D eigenvalue weighted by Gasteiger charge is 2.54. The Labute approximate surface area is 442 Å². The molecule has 3 amide bonds. The van der Waals surface area contributed by atoms with E-state index in [1.54, 1.807) is 6.92 Å². The second kappa shape index (κ2) is 24.8. The number of alkyl halides is 8. The maximum Gasteiger partial charge on any atom is 0.469 e. The smallest absolute Gasteiger partial charge is 0.346 e. The summed E-state index contributed by atoms with van der Waals surface area (Å²) in [5.74, 6) is -9.44. The first kappa shape index (κ1) is 62.6. The summed E-state index contributed by atoms with van der Waals surface area (Å²) in [7, 11) is -8.25. The van der Waals surface area contributed by atoms with E-state index in [1.807, 2.05) is 11.8 Å². The van der Waals surface area contributed by atoms with Crippen molar-refractivity contribution in [2.24, 2.45) is 5.92 Å². The van der Waals surface area contributed by atoms with Crippen LogP contribution in [0.3, 0.4) is 0 Å². The van der Waals surface area contributed by atoms with Crippen molar-refractivity contribution >= 4 is 80.4 Å². The molecule has 0 spiro atoms. The topological polar surface area (TPSA) is 226 Å². The van der Waals surface area contributed by atoms with Crippen LogP contribution in [0, 0.1) is 17.6 Å². The average molecular weight is 1190 g/mol. The average Bonchev–Trinajstić information content (AvgIpc) is 3.92. The Morgan fingerprint density at radius 1 is 0.974 bits per heavy atom. The quantitative estimate of drug-likeness (QED) is 0.0273. The van der Waals surface area contributed by atoms with Gasteiger partial charge >= 0.3 is 34.8 Å². The standard InChI is InChI=1S/C39H39ClF10N8O9P2S.C5H12S/c1-4-22-5-6-24(25-7-8-27(40)30-32(25)57(17-37(43,44)45)55-35(30)58(70-3)36(60)52-23(15-66-68(61)62)16-67-69(63,64)65)31(51-22)28(12-19-10-20(41)13-21(42)11-19)53-29(59)14-56-34-26(9-18(2)38(34,46)47)33(54-56)39(48,49)50;1-5(2,3)6-4/h5-8,10-11,13,18,23,28,61-62H,4,9,12,14-17H2,1-3H3,(H,52,60)(H,53,59)(H2,63,64,65);1-4H3/t18-,23?,28?;/m1./s1. The van der Waals surface area contributed by atoms with Gasteiger partial charge in [-0.1, -0.05) is 58.4 Å². The number of rotatable bonds is 18. The lowest BCUT2D eigenvalue weighted by Crippen LogP contribution is -2.46. The van der Waals surface area contributed by atoms with E-state index in [2.05, 4.69) is 61.9 Å². The molecule has 0 radical (unpaired) electrons. The second-order valence-electron chi connectivity index (χ2n) is 17.9. The molecule has 2 aromatic carbocycles. The lowest BCUT2D eigenvalue weighted by atomic mass is 9.93. The zero-order valence-corrected chi connectivity index (χ0v) is 45.3. The van der Waals surface area contributed by atoms with Gasteiger partial charge in [-0.25, -0.2) is 22.4 Å². The molecule has 0 saturated heterocycles. The molecule has 0 bridgehead atoms. The fourth-order valence-corrected chi connectivity index (χ4v) is 9.16. The molecule has 76 heavy (non-hydrogen) atoms. The summed E-state index contributed by atoms with van der Waals surface area (Å²) in [4.78, 5) is 69.5. The molecular formula is C44H51ClF10N8O9P2S2. The summed E-state index contributed by atoms with van der Waals surface area (Å²) in [5, 5.41) is 11.6. The number of pyridine rings is 1. The molecule has 3 aromatic heterocycles. The van der Waals surface area contributed by atoms with Gasteiger partial charge in [-0.2, -0.15) is 57.1 Å². The van der Waals surface area contributed by atoms with Gasteiger partial charge in [0, 0.05) is 45.4 Å². The van der Waals surface area contributed by atoms with Gasteiger partial charge in [0.05, 0.1) is 46.9 Å². The van der Waals surface area contributed by atoms with E-state index in [9.17, 15) is 68.9 Å². The van der Waals surface area contributed by atoms with Gasteiger partial charge in [0.15, 0.2) is 11.5 Å². The normalized spacial score (nSPS) is 15.6. The van der Waals surface area contributed by atoms with Crippen molar-refractivity contribution in [3.05, 3.63) is 93.0 Å². The van der Waals surface area contributed by atoms with E-state index < -0.39 is 144 Å². The van der Waals surface area contributed by atoms with Gasteiger partial charge in [0.2, 0.25) is 5.91 Å². The van der Waals surface area contributed by atoms with Crippen LogP contribution in [0.25, 0.3) is 22.0 Å². The lowest BCUT2D eigenvalue weighted by molar-refractivity contribution is -0.143. The summed E-state index contributed by atoms with van der Waals surface area (Å²) in [5.41, 5.74) is -4.39. The Bertz CT molecular complexity index is 2920. The highest BCUT2D eigenvalue weighted by Crippen LogP contribution is 2.50. The molecule has 5 aromatic rings. The minimum absolute atomic E-state index is 0.105. The molecule has 2 unspecified atom stereocenters. The summed E-state index contributed by atoms with van der Waals surface area (Å²) in [6.07, 6.45) is -7.94. The van der Waals surface area contributed by atoms with Crippen LogP contribution in [-0.4, -0.2) is 98.7 Å². The number of aryl methyl sites for hydroxylation is 1. The van der Waals surface area contributed by atoms with Crippen LogP contribution in [0.5, 0.6) is 0 Å². The van der Waals surface area contributed by atoms with Crippen LogP contribution in [0.4, 0.5) is 54.5 Å². The third-order valence-electron chi connectivity index (χ3n) is 11.2. The van der Waals surface area contributed by atoms with Crippen molar-refractivity contribution in [1.29, 1.82) is 0 Å². The summed E-state index contributed by atoms with van der Waals surface area (Å²) in [6, 6.07) is 3.13. The number of hydrogen-bond acceptors (Lipinski definition) is 12. The Morgan fingerprint density at radius 2 is 1.59 bits per heavy atom. The van der Waals surface area contributed by atoms with Crippen LogP contribution in [-0.2, 0) is 62.9 Å². The Balaban J connectivity index is 0.00000168. The fraction of sp³-hybridized carbons (Fsp3) is 0.477. The number of phosphoric ester groups is 1. The molecule has 0 fully saturated rings. The number of thioether (sulfide) groups is 1. The highest BCUT2D eigenvalue weighted by molar-refractivity contribution is 8.00. The minimum atomic E-state index is -5.19. The molecule has 0 saturated carbocycles. The number of nitrogens with zero attached hydrogens (tertiary/aromatic N) is 6. The lowest BCUT2D eigenvalue weighted by Gasteiger charge is -2.24. The largest absolute Gasteiger partial charge is 0.469 e. The number of nitrogens with one attached hydrogen (secondary N) is 2. The van der Waals surface area contributed by atoms with Crippen molar-refractivity contribution in [2.45, 2.75) is 102 Å². The molecule has 3 atom stereocenters. The van der Waals surface area contributed by atoms with E-state index in [4.69, 9.17) is 11.6 Å². The maximum atomic E-state index is 15.4. The highest BCUT2D eigenvalue weighted by atomic mass is 35.5. The minimum Gasteiger partial charge on any atom is -0.346 e. The van der Waals surface area contributed by atoms with Crippen molar-refractivity contribution < 1.29 is 86.7 Å². The Kier molecular flexibility index (Phi) is 20.4. The zero-order valence-electron chi connectivity index (χ0n) is 41.1. The zero-order chi connectivity index (χ0) is 57.0. The molecule has 420 valence electrons. The van der Waals surface area contributed by atoms with Crippen LogP contribution in [0.15, 0.2) is 42.5 Å². The summed E-state index contributed by atoms with van der Waals surface area (Å²) >= 11 is 9.11. The summed E-state index contributed by atoms with van der Waals surface area (Å²) < 4.78 is 168. The SMILES string of the molecule is CCc1ccc(-c2ccc(Cl)c3c(N(SC)C(=O)NC(COP(O)O)COP(=O)(O)O)nn(CC(F)(F)F)c23)c(C(Cc2cc(F)cc(F)c2)NC(=O)Cn2nc(C(F)(F)F)c3c2C(F)(F)[C@H](C)C3)n1.CSC(C)(C)C. The van der Waals surface area contributed by atoms with Crippen LogP contribution < -0.4 is 14.9 Å². The number of anilines is 1. The first-order valence-electron chi connectivity index (χ1n) is 22.3. The fourth-order valence-electron chi connectivity index (χ4n) is 7.72. The molecule has 17 nitrogen and oxygen atoms in total. The third-order valence-corrected chi connectivity index (χ3v) is 14.3. The number of urea groups is 1. The van der Waals surface area contributed by atoms with Gasteiger partial charge in [0.25, 0.3) is 5.92 Å². The van der Waals surface area contributed by atoms with Gasteiger partial charge in [-0.05, 0) is 67.3 Å². The number of halogens is 11. The Hall–Kier alpha value is -4.28. The van der Waals surface area contributed by atoms with Gasteiger partial charge < -0.3 is 34.7 Å². The number of amides is 3. The first-order chi connectivity index (χ1) is 35.1. The molecule has 1 aliphatic carbocycles. The number of hydrogen-bond donors (Lipinski definition) is 6. The van der Waals surface area contributed by atoms with Gasteiger partial charge in [-0.15, -0.1) is 0 Å². The number of phosphoric acid groups is 1. The Morgan fingerprint density at radius 3 is 2.13 bits per heavy atom. The number of fused-ring (bicyclic) bond motifs is 2. The van der Waals surface area contributed by atoms with Gasteiger partial charge in [-0.3, -0.25) is 23.7 Å². The molecule has 0 aliphatic heterocycles. The van der Waals surface area contributed by atoms with Crippen molar-refractivity contribution in [3.63, 3.8) is 0 Å². The second-order valence-corrected chi connectivity index (χ2v) is 22.7. The van der Waals surface area contributed by atoms with Crippen LogP contribution in [0.2, 0.25) is 5.02 Å². The van der Waals surface area contributed by atoms with Crippen molar-refractivity contribution in [2.75, 3.05) is 30.0 Å². The van der Waals surface area contributed by atoms with Crippen LogP contribution >= 0.6 is 51.7 Å². The molecule has 32 heteroatoms. The van der Waals surface area contributed by atoms with E-state index in [1.165, 1.54) is 30.5 Å². The number of carbonyl (C=O) groups is 2. The molecular weight excluding hydrogens is 1140 g/mol. The predicted octanol–water partition coefficient (Wildman–Crippen LogP) is 10.4. The third kappa shape index (κ3) is 16.2. The van der Waals surface area contributed by atoms with Crippen molar-refractivity contribution in [3.8, 4) is 11.1 Å².